The maximum atomic E-state index is 5.04. The van der Waals surface area contributed by atoms with Gasteiger partial charge < -0.3 is 0 Å². The monoisotopic (exact) mass is 290 g/mol. The molecule has 0 fully saturated rings. The Morgan fingerprint density at radius 1 is 0.955 bits per heavy atom. The van der Waals surface area contributed by atoms with Crippen LogP contribution in [0.2, 0.25) is 0 Å². The summed E-state index contributed by atoms with van der Waals surface area (Å²) in [6.45, 7) is 2.23. The minimum absolute atomic E-state index is 1.07. The van der Waals surface area contributed by atoms with E-state index < -0.39 is 0 Å². The lowest BCUT2D eigenvalue weighted by Crippen LogP contribution is -2.08. The van der Waals surface area contributed by atoms with Crippen molar-refractivity contribution in [3.05, 3.63) is 59.2 Å². The lowest BCUT2D eigenvalue weighted by atomic mass is 10.0. The van der Waals surface area contributed by atoms with E-state index in [4.69, 9.17) is 4.98 Å². The molecule has 0 aromatic carbocycles. The first-order valence-electron chi connectivity index (χ1n) is 8.34. The van der Waals surface area contributed by atoms with E-state index >= 15 is 0 Å². The molecular formula is C20H22N2. The molecule has 3 aliphatic rings. The Kier molecular flexibility index (Phi) is 3.45. The van der Waals surface area contributed by atoms with Gasteiger partial charge in [0.05, 0.1) is 11.4 Å². The van der Waals surface area contributed by atoms with Crippen molar-refractivity contribution in [3.63, 3.8) is 0 Å². The van der Waals surface area contributed by atoms with Crippen LogP contribution in [-0.4, -0.2) is 9.55 Å². The van der Waals surface area contributed by atoms with Crippen LogP contribution in [0.3, 0.4) is 0 Å². The van der Waals surface area contributed by atoms with Crippen LogP contribution in [0.5, 0.6) is 0 Å². The normalized spacial score (nSPS) is 20.3. The molecule has 0 saturated carbocycles. The number of aromatic nitrogens is 2. The molecule has 4 rings (SSSR count). The number of hydrogen-bond acceptors (Lipinski definition) is 1. The Balaban J connectivity index is 1.91. The molecule has 0 saturated heterocycles. The van der Waals surface area contributed by atoms with E-state index in [-0.39, 0.29) is 0 Å². The number of allylic oxidation sites excluding steroid dienone is 9. The molecule has 0 aliphatic heterocycles. The van der Waals surface area contributed by atoms with Gasteiger partial charge in [-0.2, -0.15) is 0 Å². The second kappa shape index (κ2) is 5.60. The van der Waals surface area contributed by atoms with Gasteiger partial charge in [-0.3, -0.25) is 4.57 Å². The standard InChI is InChI=1S/C20H22N2/c1-15-12-13-18-19(14-15)22(17-10-6-3-7-11-17)20(21-18)16-8-4-2-5-9-16/h2-4,6,8,10,14H,5,7,9,11-13H2,1H3. The fraction of sp³-hybridized carbons (Fsp3) is 0.350. The van der Waals surface area contributed by atoms with Crippen molar-refractivity contribution in [2.75, 3.05) is 0 Å². The average molecular weight is 290 g/mol. The number of fused-ring (bicyclic) bond motifs is 1. The highest BCUT2D eigenvalue weighted by atomic mass is 15.1. The van der Waals surface area contributed by atoms with E-state index in [1.165, 1.54) is 34.1 Å². The predicted octanol–water partition coefficient (Wildman–Crippen LogP) is 5.16. The van der Waals surface area contributed by atoms with Gasteiger partial charge in [0.2, 0.25) is 0 Å². The highest BCUT2D eigenvalue weighted by molar-refractivity contribution is 5.72. The lowest BCUT2D eigenvalue weighted by molar-refractivity contribution is 0.882. The fourth-order valence-electron chi connectivity index (χ4n) is 3.50. The predicted molar refractivity (Wildman–Crippen MR) is 93.2 cm³/mol. The smallest absolute Gasteiger partial charge is 0.140 e. The van der Waals surface area contributed by atoms with Gasteiger partial charge >= 0.3 is 0 Å². The molecular weight excluding hydrogens is 268 g/mol. The van der Waals surface area contributed by atoms with Gasteiger partial charge in [0.1, 0.15) is 5.82 Å². The largest absolute Gasteiger partial charge is 0.297 e. The number of imidazole rings is 1. The number of hydrogen-bond donors (Lipinski definition) is 0. The molecule has 0 radical (unpaired) electrons. The molecule has 22 heavy (non-hydrogen) atoms. The number of nitrogens with zero attached hydrogens (tertiary/aromatic N) is 2. The van der Waals surface area contributed by atoms with E-state index in [0.717, 1.165) is 38.5 Å². The SMILES string of the molecule is CC1=Cc2c(nc(C3=CC=CCC3)n2C2=CC=CCC2)CC1. The summed E-state index contributed by atoms with van der Waals surface area (Å²) in [4.78, 5) is 5.04. The minimum Gasteiger partial charge on any atom is -0.297 e. The van der Waals surface area contributed by atoms with Crippen molar-refractivity contribution in [1.82, 2.24) is 9.55 Å². The highest BCUT2D eigenvalue weighted by Gasteiger charge is 2.23. The Morgan fingerprint density at radius 2 is 1.77 bits per heavy atom. The lowest BCUT2D eigenvalue weighted by Gasteiger charge is -2.19. The summed E-state index contributed by atoms with van der Waals surface area (Å²) in [6.07, 6.45) is 22.3. The van der Waals surface area contributed by atoms with Crippen molar-refractivity contribution in [2.45, 2.75) is 45.4 Å². The van der Waals surface area contributed by atoms with Crippen LogP contribution < -0.4 is 0 Å². The summed E-state index contributed by atoms with van der Waals surface area (Å²) < 4.78 is 2.42. The zero-order valence-electron chi connectivity index (χ0n) is 13.2. The van der Waals surface area contributed by atoms with Crippen molar-refractivity contribution in [2.24, 2.45) is 0 Å². The van der Waals surface area contributed by atoms with Crippen LogP contribution in [0, 0.1) is 0 Å². The molecule has 1 aromatic rings. The molecule has 0 bridgehead atoms. The second-order valence-corrected chi connectivity index (χ2v) is 6.38. The summed E-state index contributed by atoms with van der Waals surface area (Å²) in [6, 6.07) is 0. The first-order chi connectivity index (χ1) is 10.8. The highest BCUT2D eigenvalue weighted by Crippen LogP contribution is 2.34. The maximum Gasteiger partial charge on any atom is 0.140 e. The van der Waals surface area contributed by atoms with Crippen LogP contribution in [-0.2, 0) is 6.42 Å². The number of aryl methyl sites for hydroxylation is 1. The van der Waals surface area contributed by atoms with Gasteiger partial charge in [0.25, 0.3) is 0 Å². The van der Waals surface area contributed by atoms with Crippen molar-refractivity contribution in [3.8, 4) is 0 Å². The zero-order chi connectivity index (χ0) is 14.9. The van der Waals surface area contributed by atoms with Crippen molar-refractivity contribution in [1.29, 1.82) is 0 Å². The minimum atomic E-state index is 1.07. The third-order valence-corrected chi connectivity index (χ3v) is 4.71. The van der Waals surface area contributed by atoms with Crippen LogP contribution in [0.4, 0.5) is 0 Å². The molecule has 0 atom stereocenters. The van der Waals surface area contributed by atoms with Crippen molar-refractivity contribution >= 4 is 17.3 Å². The molecule has 0 amide bonds. The molecule has 2 nitrogen and oxygen atoms in total. The van der Waals surface area contributed by atoms with Crippen LogP contribution in [0.25, 0.3) is 17.3 Å². The molecule has 2 heteroatoms. The molecule has 1 aromatic heterocycles. The first-order valence-corrected chi connectivity index (χ1v) is 8.34. The summed E-state index contributed by atoms with van der Waals surface area (Å²) >= 11 is 0. The van der Waals surface area contributed by atoms with Gasteiger partial charge in [-0.25, -0.2) is 4.98 Å². The summed E-state index contributed by atoms with van der Waals surface area (Å²) in [5, 5.41) is 0. The Hall–Kier alpha value is -2.09. The quantitative estimate of drug-likeness (QED) is 0.736. The van der Waals surface area contributed by atoms with Gasteiger partial charge in [0, 0.05) is 5.70 Å². The van der Waals surface area contributed by atoms with E-state index in [9.17, 15) is 0 Å². The van der Waals surface area contributed by atoms with E-state index in [2.05, 4.69) is 54.0 Å². The summed E-state index contributed by atoms with van der Waals surface area (Å²) in [5.41, 5.74) is 6.80. The van der Waals surface area contributed by atoms with Crippen LogP contribution >= 0.6 is 0 Å². The van der Waals surface area contributed by atoms with E-state index in [1.54, 1.807) is 0 Å². The average Bonchev–Trinajstić information content (AvgIpc) is 2.95. The Labute approximate surface area is 132 Å². The van der Waals surface area contributed by atoms with Crippen LogP contribution in [0.1, 0.15) is 56.2 Å². The topological polar surface area (TPSA) is 17.8 Å². The molecule has 3 aliphatic carbocycles. The summed E-state index contributed by atoms with van der Waals surface area (Å²) in [7, 11) is 0. The van der Waals surface area contributed by atoms with E-state index in [1.807, 2.05) is 0 Å². The summed E-state index contributed by atoms with van der Waals surface area (Å²) in [5.74, 6) is 1.17. The zero-order valence-corrected chi connectivity index (χ0v) is 13.2. The molecule has 1 heterocycles. The third-order valence-electron chi connectivity index (χ3n) is 4.71. The fourth-order valence-corrected chi connectivity index (χ4v) is 3.50. The van der Waals surface area contributed by atoms with Gasteiger partial charge in [-0.15, -0.1) is 0 Å². The van der Waals surface area contributed by atoms with Gasteiger partial charge in [-0.1, -0.05) is 36.0 Å². The van der Waals surface area contributed by atoms with Gasteiger partial charge in [0.15, 0.2) is 0 Å². The molecule has 0 N–H and O–H groups in total. The maximum absolute atomic E-state index is 5.04. The molecule has 0 unspecified atom stereocenters. The Morgan fingerprint density at radius 3 is 2.50 bits per heavy atom. The first kappa shape index (κ1) is 13.6. The molecule has 112 valence electrons. The number of rotatable bonds is 2. The second-order valence-electron chi connectivity index (χ2n) is 6.38. The Bertz CT molecular complexity index is 751. The third kappa shape index (κ3) is 2.33. The molecule has 0 spiro atoms. The van der Waals surface area contributed by atoms with Crippen LogP contribution in [0.15, 0.2) is 42.0 Å². The van der Waals surface area contributed by atoms with E-state index in [0.29, 0.717) is 0 Å². The van der Waals surface area contributed by atoms with Gasteiger partial charge in [-0.05, 0) is 63.2 Å². The van der Waals surface area contributed by atoms with Crippen molar-refractivity contribution < 1.29 is 0 Å².